The maximum Gasteiger partial charge on any atom is 0.220 e. The van der Waals surface area contributed by atoms with Gasteiger partial charge in [-0.25, -0.2) is 4.39 Å². The van der Waals surface area contributed by atoms with Crippen LogP contribution in [0.3, 0.4) is 0 Å². The molecule has 0 aliphatic carbocycles. The Kier molecular flexibility index (Phi) is 8.47. The SMILES string of the molecule is O=C(CCSc1ccccc1F)NCCCN1CCCCCC1. The molecule has 1 aromatic rings. The minimum absolute atomic E-state index is 0.0599. The average Bonchev–Trinajstić information content (AvgIpc) is 2.82. The van der Waals surface area contributed by atoms with E-state index in [1.807, 2.05) is 6.07 Å². The summed E-state index contributed by atoms with van der Waals surface area (Å²) in [4.78, 5) is 14.9. The molecule has 2 rings (SSSR count). The monoisotopic (exact) mass is 338 g/mol. The summed E-state index contributed by atoms with van der Waals surface area (Å²) in [6.07, 6.45) is 6.76. The molecule has 5 heteroatoms. The molecule has 0 bridgehead atoms. The van der Waals surface area contributed by atoms with Crippen LogP contribution in [-0.2, 0) is 4.79 Å². The van der Waals surface area contributed by atoms with Gasteiger partial charge in [0.05, 0.1) is 0 Å². The van der Waals surface area contributed by atoms with Crippen molar-refractivity contribution in [1.82, 2.24) is 10.2 Å². The van der Waals surface area contributed by atoms with E-state index in [0.717, 1.165) is 19.5 Å². The molecule has 0 aromatic heterocycles. The first-order chi connectivity index (χ1) is 11.3. The Morgan fingerprint density at radius 1 is 1.17 bits per heavy atom. The lowest BCUT2D eigenvalue weighted by molar-refractivity contribution is -0.120. The van der Waals surface area contributed by atoms with E-state index >= 15 is 0 Å². The van der Waals surface area contributed by atoms with Gasteiger partial charge in [-0.15, -0.1) is 11.8 Å². The normalized spacial score (nSPS) is 16.0. The van der Waals surface area contributed by atoms with E-state index in [1.54, 1.807) is 12.1 Å². The van der Waals surface area contributed by atoms with E-state index < -0.39 is 0 Å². The van der Waals surface area contributed by atoms with Crippen LogP contribution >= 0.6 is 11.8 Å². The highest BCUT2D eigenvalue weighted by Gasteiger charge is 2.09. The predicted octanol–water partition coefficient (Wildman–Crippen LogP) is 3.69. The fourth-order valence-electron chi connectivity index (χ4n) is 2.79. The van der Waals surface area contributed by atoms with Crippen LogP contribution in [0.2, 0.25) is 0 Å². The second kappa shape index (κ2) is 10.7. The first-order valence-corrected chi connectivity index (χ1v) is 9.60. The highest BCUT2D eigenvalue weighted by molar-refractivity contribution is 7.99. The molecule has 1 N–H and O–H groups in total. The predicted molar refractivity (Wildman–Crippen MR) is 94.3 cm³/mol. The van der Waals surface area contributed by atoms with Crippen molar-refractivity contribution in [2.24, 2.45) is 0 Å². The molecule has 23 heavy (non-hydrogen) atoms. The topological polar surface area (TPSA) is 32.3 Å². The maximum absolute atomic E-state index is 13.4. The van der Waals surface area contributed by atoms with Crippen molar-refractivity contribution < 1.29 is 9.18 Å². The Morgan fingerprint density at radius 2 is 1.91 bits per heavy atom. The van der Waals surface area contributed by atoms with E-state index in [1.165, 1.54) is 56.6 Å². The van der Waals surface area contributed by atoms with Crippen molar-refractivity contribution >= 4 is 17.7 Å². The van der Waals surface area contributed by atoms with E-state index in [9.17, 15) is 9.18 Å². The summed E-state index contributed by atoms with van der Waals surface area (Å²) in [7, 11) is 0. The summed E-state index contributed by atoms with van der Waals surface area (Å²) < 4.78 is 13.4. The Morgan fingerprint density at radius 3 is 2.65 bits per heavy atom. The second-order valence-electron chi connectivity index (χ2n) is 5.99. The summed E-state index contributed by atoms with van der Waals surface area (Å²) in [6.45, 7) is 4.21. The fourth-order valence-corrected chi connectivity index (χ4v) is 3.68. The molecule has 0 radical (unpaired) electrons. The van der Waals surface area contributed by atoms with Gasteiger partial charge in [0, 0.05) is 23.6 Å². The van der Waals surface area contributed by atoms with Crippen LogP contribution in [0.15, 0.2) is 29.2 Å². The van der Waals surface area contributed by atoms with Gasteiger partial charge in [-0.2, -0.15) is 0 Å². The zero-order chi connectivity index (χ0) is 16.3. The lowest BCUT2D eigenvalue weighted by Gasteiger charge is -2.19. The molecule has 1 amide bonds. The number of amides is 1. The zero-order valence-electron chi connectivity index (χ0n) is 13.7. The Hall–Kier alpha value is -1.07. The molecule has 0 unspecified atom stereocenters. The number of carbonyl (C=O) groups excluding carboxylic acids is 1. The van der Waals surface area contributed by atoms with Gasteiger partial charge < -0.3 is 10.2 Å². The lowest BCUT2D eigenvalue weighted by Crippen LogP contribution is -2.30. The molecule has 0 atom stereocenters. The molecular weight excluding hydrogens is 311 g/mol. The van der Waals surface area contributed by atoms with E-state index in [2.05, 4.69) is 10.2 Å². The summed E-state index contributed by atoms with van der Waals surface area (Å²) in [6, 6.07) is 6.69. The minimum Gasteiger partial charge on any atom is -0.356 e. The standard InChI is InChI=1S/C18H27FN2OS/c19-16-8-3-4-9-17(16)23-15-10-18(22)20-11-7-14-21-12-5-1-2-6-13-21/h3-4,8-9H,1-2,5-7,10-15H2,(H,20,22). The second-order valence-corrected chi connectivity index (χ2v) is 7.12. The summed E-state index contributed by atoms with van der Waals surface area (Å²) in [5, 5.41) is 2.97. The number of thioether (sulfide) groups is 1. The number of rotatable bonds is 8. The summed E-state index contributed by atoms with van der Waals surface area (Å²) >= 11 is 1.40. The number of hydrogen-bond acceptors (Lipinski definition) is 3. The first kappa shape index (κ1) is 18.3. The fraction of sp³-hybridized carbons (Fsp3) is 0.611. The number of carbonyl (C=O) groups is 1. The quantitative estimate of drug-likeness (QED) is 0.579. The lowest BCUT2D eigenvalue weighted by atomic mass is 10.2. The van der Waals surface area contributed by atoms with Crippen molar-refractivity contribution in [2.75, 3.05) is 31.9 Å². The van der Waals surface area contributed by atoms with Crippen molar-refractivity contribution in [1.29, 1.82) is 0 Å². The number of nitrogens with one attached hydrogen (secondary N) is 1. The third kappa shape index (κ3) is 7.36. The van der Waals surface area contributed by atoms with Gasteiger partial charge in [0.15, 0.2) is 0 Å². The number of halogens is 1. The molecule has 0 saturated carbocycles. The van der Waals surface area contributed by atoms with E-state index in [-0.39, 0.29) is 11.7 Å². The first-order valence-electron chi connectivity index (χ1n) is 8.62. The highest BCUT2D eigenvalue weighted by Crippen LogP contribution is 2.21. The molecule has 0 spiro atoms. The van der Waals surface area contributed by atoms with Crippen LogP contribution < -0.4 is 5.32 Å². The third-order valence-electron chi connectivity index (χ3n) is 4.10. The van der Waals surface area contributed by atoms with Crippen LogP contribution in [0.1, 0.15) is 38.5 Å². The largest absolute Gasteiger partial charge is 0.356 e. The van der Waals surface area contributed by atoms with Gasteiger partial charge in [-0.1, -0.05) is 25.0 Å². The smallest absolute Gasteiger partial charge is 0.220 e. The minimum atomic E-state index is -0.213. The van der Waals surface area contributed by atoms with Gasteiger partial charge in [0.1, 0.15) is 5.82 Å². The van der Waals surface area contributed by atoms with Crippen LogP contribution in [0.25, 0.3) is 0 Å². The van der Waals surface area contributed by atoms with Crippen LogP contribution in [-0.4, -0.2) is 42.7 Å². The Labute approximate surface area is 143 Å². The van der Waals surface area contributed by atoms with E-state index in [0.29, 0.717) is 17.1 Å². The molecule has 1 heterocycles. The van der Waals surface area contributed by atoms with Gasteiger partial charge in [0.25, 0.3) is 0 Å². The molecule has 1 aliphatic heterocycles. The van der Waals surface area contributed by atoms with Gasteiger partial charge in [-0.05, 0) is 51.0 Å². The number of likely N-dealkylation sites (tertiary alicyclic amines) is 1. The van der Waals surface area contributed by atoms with Gasteiger partial charge >= 0.3 is 0 Å². The summed E-state index contributed by atoms with van der Waals surface area (Å²) in [5.41, 5.74) is 0. The molecule has 1 saturated heterocycles. The zero-order valence-corrected chi connectivity index (χ0v) is 14.5. The maximum atomic E-state index is 13.4. The van der Waals surface area contributed by atoms with Gasteiger partial charge in [0.2, 0.25) is 5.91 Å². The molecular formula is C18H27FN2OS. The molecule has 1 fully saturated rings. The number of benzene rings is 1. The molecule has 1 aliphatic rings. The van der Waals surface area contributed by atoms with E-state index in [4.69, 9.17) is 0 Å². The molecule has 128 valence electrons. The Balaban J connectivity index is 1.52. The van der Waals surface area contributed by atoms with Crippen molar-refractivity contribution in [3.63, 3.8) is 0 Å². The van der Waals surface area contributed by atoms with Crippen molar-refractivity contribution in [3.8, 4) is 0 Å². The van der Waals surface area contributed by atoms with Crippen molar-refractivity contribution in [2.45, 2.75) is 43.4 Å². The average molecular weight is 338 g/mol. The summed E-state index contributed by atoms with van der Waals surface area (Å²) in [5.74, 6) is 0.457. The van der Waals surface area contributed by atoms with Crippen LogP contribution in [0.5, 0.6) is 0 Å². The van der Waals surface area contributed by atoms with Crippen molar-refractivity contribution in [3.05, 3.63) is 30.1 Å². The van der Waals surface area contributed by atoms with Crippen LogP contribution in [0, 0.1) is 5.82 Å². The molecule has 3 nitrogen and oxygen atoms in total. The van der Waals surface area contributed by atoms with Crippen LogP contribution in [0.4, 0.5) is 4.39 Å². The highest BCUT2D eigenvalue weighted by atomic mass is 32.2. The molecule has 1 aromatic carbocycles. The number of nitrogens with zero attached hydrogens (tertiary/aromatic N) is 1. The number of hydrogen-bond donors (Lipinski definition) is 1. The Bertz CT molecular complexity index is 476. The third-order valence-corrected chi connectivity index (χ3v) is 5.15. The van der Waals surface area contributed by atoms with Gasteiger partial charge in [-0.3, -0.25) is 4.79 Å².